The van der Waals surface area contributed by atoms with Crippen LogP contribution in [-0.4, -0.2) is 0 Å². The Morgan fingerprint density at radius 3 is 0.767 bits per heavy atom. The molecule has 4 aromatic rings. The van der Waals surface area contributed by atoms with Crippen LogP contribution in [0.15, 0.2) is 97.1 Å². The van der Waals surface area contributed by atoms with Gasteiger partial charge in [-0.2, -0.15) is 0 Å². The van der Waals surface area contributed by atoms with Gasteiger partial charge in [-0.3, -0.25) is 0 Å². The van der Waals surface area contributed by atoms with Gasteiger partial charge >= 0.3 is 0 Å². The lowest BCUT2D eigenvalue weighted by Gasteiger charge is -2.30. The molecule has 0 bridgehead atoms. The van der Waals surface area contributed by atoms with Gasteiger partial charge in [0.2, 0.25) is 0 Å². The average molecular weight is 513 g/mol. The van der Waals surface area contributed by atoms with E-state index in [1.54, 1.807) is 0 Å². The van der Waals surface area contributed by atoms with Crippen LogP contribution in [-0.2, 0) is 0 Å². The van der Waals surface area contributed by atoms with E-state index in [1.807, 2.05) is 97.1 Å². The first-order valence-corrected chi connectivity index (χ1v) is 12.3. The average Bonchev–Trinajstić information content (AvgIpc) is 2.73. The van der Waals surface area contributed by atoms with Crippen molar-refractivity contribution in [3.05, 3.63) is 117 Å². The summed E-state index contributed by atoms with van der Waals surface area (Å²) in [4.78, 5) is 0. The Morgan fingerprint density at radius 1 is 0.367 bits per heavy atom. The van der Waals surface area contributed by atoms with E-state index in [4.69, 9.17) is 46.4 Å². The highest BCUT2D eigenvalue weighted by atomic mass is 35.5. The van der Waals surface area contributed by atoms with Gasteiger partial charge in [-0.05, 0) is 48.5 Å². The van der Waals surface area contributed by atoms with Crippen LogP contribution in [0.1, 0.15) is 0 Å². The summed E-state index contributed by atoms with van der Waals surface area (Å²) in [7, 11) is -2.58. The highest BCUT2D eigenvalue weighted by molar-refractivity contribution is 8.02. The topological polar surface area (TPSA) is 0 Å². The summed E-state index contributed by atoms with van der Waals surface area (Å²) in [6, 6.07) is 31.4. The van der Waals surface area contributed by atoms with Crippen molar-refractivity contribution in [1.29, 1.82) is 0 Å². The summed E-state index contributed by atoms with van der Waals surface area (Å²) >= 11 is 27.3. The molecule has 0 unspecified atom stereocenters. The van der Waals surface area contributed by atoms with E-state index in [-0.39, 0.29) is 12.4 Å². The van der Waals surface area contributed by atoms with Gasteiger partial charge in [0.25, 0.3) is 0 Å². The molecule has 6 heteroatoms. The molecule has 30 heavy (non-hydrogen) atoms. The zero-order valence-corrected chi connectivity index (χ0v) is 20.2. The summed E-state index contributed by atoms with van der Waals surface area (Å²) in [6.07, 6.45) is 0. The molecule has 152 valence electrons. The zero-order valence-electron chi connectivity index (χ0n) is 15.6. The second-order valence-electron chi connectivity index (χ2n) is 6.48. The van der Waals surface area contributed by atoms with Crippen molar-refractivity contribution in [3.8, 4) is 0 Å². The molecule has 0 heterocycles. The lowest BCUT2D eigenvalue weighted by atomic mass is 10.3. The van der Waals surface area contributed by atoms with Crippen LogP contribution in [0.25, 0.3) is 0 Å². The standard InChI is InChI=1S/C24H16Cl4P.ClH/c25-17-9-1-5-13-21(17)29(22-14-6-2-10-18(22)26,23-15-7-3-11-19(23)27)24-16-8-4-12-20(24)28;/h1-16H;1H/q+1;/p-1. The normalized spacial score (nSPS) is 11.1. The molecule has 0 nitrogen and oxygen atoms in total. The van der Waals surface area contributed by atoms with E-state index in [0.29, 0.717) is 20.1 Å². The van der Waals surface area contributed by atoms with Crippen LogP contribution >= 0.6 is 53.7 Å². The summed E-state index contributed by atoms with van der Waals surface area (Å²) in [5.74, 6) is 0. The van der Waals surface area contributed by atoms with Crippen LogP contribution in [0.4, 0.5) is 0 Å². The summed E-state index contributed by atoms with van der Waals surface area (Å²) < 4.78 is 0. The Morgan fingerprint density at radius 2 is 0.567 bits per heavy atom. The summed E-state index contributed by atoms with van der Waals surface area (Å²) in [5, 5.41) is 6.49. The molecule has 0 spiro atoms. The molecule has 0 amide bonds. The fourth-order valence-corrected chi connectivity index (χ4v) is 10.1. The Bertz CT molecular complexity index is 988. The van der Waals surface area contributed by atoms with Crippen LogP contribution in [0.2, 0.25) is 20.1 Å². The molecule has 0 aliphatic heterocycles. The number of hydrogen-bond acceptors (Lipinski definition) is 0. The van der Waals surface area contributed by atoms with Gasteiger partial charge in [-0.25, -0.2) is 0 Å². The van der Waals surface area contributed by atoms with Gasteiger partial charge < -0.3 is 12.4 Å². The molecule has 4 rings (SSSR count). The maximum absolute atomic E-state index is 6.81. The summed E-state index contributed by atoms with van der Waals surface area (Å²) in [5.41, 5.74) is 0. The van der Waals surface area contributed by atoms with Crippen molar-refractivity contribution >= 4 is 74.9 Å². The minimum absolute atomic E-state index is 0. The van der Waals surface area contributed by atoms with E-state index in [9.17, 15) is 0 Å². The van der Waals surface area contributed by atoms with Gasteiger partial charge in [-0.15, -0.1) is 0 Å². The predicted molar refractivity (Wildman–Crippen MR) is 131 cm³/mol. The van der Waals surface area contributed by atoms with Gasteiger partial charge in [0.05, 0.1) is 20.1 Å². The number of rotatable bonds is 4. The third-order valence-corrected chi connectivity index (χ3v) is 11.2. The molecule has 0 aliphatic rings. The first-order chi connectivity index (χ1) is 14.1. The second kappa shape index (κ2) is 9.92. The minimum atomic E-state index is -2.58. The van der Waals surface area contributed by atoms with Crippen LogP contribution in [0.3, 0.4) is 0 Å². The molecule has 0 saturated heterocycles. The SMILES string of the molecule is Clc1ccccc1[P+](c1ccccc1Cl)(c1ccccc1Cl)c1ccccc1Cl.[Cl-]. The Balaban J connectivity index is 0.00000256. The number of halogens is 5. The molecule has 0 fully saturated rings. The lowest BCUT2D eigenvalue weighted by molar-refractivity contribution is -0.00000515. The Labute approximate surface area is 203 Å². The second-order valence-corrected chi connectivity index (χ2v) is 11.4. The number of benzene rings is 4. The summed E-state index contributed by atoms with van der Waals surface area (Å²) in [6.45, 7) is 0. The van der Waals surface area contributed by atoms with Crippen molar-refractivity contribution in [2.75, 3.05) is 0 Å². The van der Waals surface area contributed by atoms with Crippen molar-refractivity contribution in [2.24, 2.45) is 0 Å². The van der Waals surface area contributed by atoms with E-state index in [0.717, 1.165) is 21.2 Å². The molecular formula is C24H16Cl5P. The highest BCUT2D eigenvalue weighted by Crippen LogP contribution is 2.59. The van der Waals surface area contributed by atoms with Gasteiger partial charge in [0.15, 0.2) is 7.26 Å². The van der Waals surface area contributed by atoms with Crippen molar-refractivity contribution in [3.63, 3.8) is 0 Å². The predicted octanol–water partition coefficient (Wildman–Crippen LogP) is 3.92. The maximum Gasteiger partial charge on any atom is 0.150 e. The molecule has 0 atom stereocenters. The largest absolute Gasteiger partial charge is 1.00 e. The van der Waals surface area contributed by atoms with Crippen molar-refractivity contribution in [2.45, 2.75) is 0 Å². The first kappa shape index (κ1) is 23.4. The van der Waals surface area contributed by atoms with Gasteiger partial charge in [0, 0.05) is 0 Å². The quantitative estimate of drug-likeness (QED) is 0.364. The molecule has 4 aromatic carbocycles. The third-order valence-electron chi connectivity index (χ3n) is 4.86. The van der Waals surface area contributed by atoms with Crippen LogP contribution in [0, 0.1) is 0 Å². The monoisotopic (exact) mass is 510 g/mol. The first-order valence-electron chi connectivity index (χ1n) is 8.96. The molecule has 0 radical (unpaired) electrons. The smallest absolute Gasteiger partial charge is 0.150 e. The molecule has 0 aromatic heterocycles. The number of hydrogen-bond donors (Lipinski definition) is 0. The van der Waals surface area contributed by atoms with E-state index in [2.05, 4.69) is 0 Å². The minimum Gasteiger partial charge on any atom is -1.00 e. The zero-order chi connectivity index (χ0) is 20.4. The molecule has 0 saturated carbocycles. The van der Waals surface area contributed by atoms with E-state index < -0.39 is 7.26 Å². The van der Waals surface area contributed by atoms with Crippen molar-refractivity contribution < 1.29 is 12.4 Å². The molecular weight excluding hydrogens is 497 g/mol. The van der Waals surface area contributed by atoms with Gasteiger partial charge in [0.1, 0.15) is 21.2 Å². The molecule has 0 aliphatic carbocycles. The lowest BCUT2D eigenvalue weighted by Crippen LogP contribution is -3.00. The maximum atomic E-state index is 6.81. The van der Waals surface area contributed by atoms with Crippen LogP contribution < -0.4 is 33.6 Å². The molecule has 0 N–H and O–H groups in total. The van der Waals surface area contributed by atoms with Crippen LogP contribution in [0.5, 0.6) is 0 Å². The fourth-order valence-electron chi connectivity index (χ4n) is 3.67. The third kappa shape index (κ3) is 3.98. The highest BCUT2D eigenvalue weighted by Gasteiger charge is 2.52. The Hall–Kier alpha value is -1.24. The van der Waals surface area contributed by atoms with E-state index >= 15 is 0 Å². The fraction of sp³-hybridized carbons (Fsp3) is 0. The Kier molecular flexibility index (Phi) is 7.75. The van der Waals surface area contributed by atoms with Crippen molar-refractivity contribution in [1.82, 2.24) is 0 Å². The van der Waals surface area contributed by atoms with Gasteiger partial charge in [-0.1, -0.05) is 94.9 Å². The van der Waals surface area contributed by atoms with E-state index in [1.165, 1.54) is 0 Å².